The Bertz CT molecular complexity index is 994. The number of nitrogens with zero attached hydrogens (tertiary/aromatic N) is 1. The van der Waals surface area contributed by atoms with E-state index in [1.807, 2.05) is 48.7 Å². The molecule has 3 aromatic rings. The second kappa shape index (κ2) is 8.27. The molecule has 2 aromatic carbocycles. The molecule has 5 nitrogen and oxygen atoms in total. The van der Waals surface area contributed by atoms with Gasteiger partial charge in [-0.2, -0.15) is 0 Å². The summed E-state index contributed by atoms with van der Waals surface area (Å²) in [6.07, 6.45) is 0.726. The molecule has 0 saturated carbocycles. The molecule has 0 saturated heterocycles. The lowest BCUT2D eigenvalue weighted by Gasteiger charge is -2.11. The number of amides is 1. The monoisotopic (exact) mass is 384 g/mol. The number of halogens is 1. The standard InChI is InChI=1S/C21H21ClN2O3/c1-3-10-27-21(26)17-12-16(8-9-18(17)22)23-20(25)13-24-14(2)11-15-6-4-5-7-19(15)24/h4-9,11-12H,3,10,13H2,1-2H3,(H,23,25). The van der Waals surface area contributed by atoms with E-state index in [9.17, 15) is 9.59 Å². The Hall–Kier alpha value is -2.79. The quantitative estimate of drug-likeness (QED) is 0.620. The van der Waals surface area contributed by atoms with E-state index in [0.29, 0.717) is 17.3 Å². The molecule has 1 heterocycles. The number of anilines is 1. The SMILES string of the molecule is CCCOC(=O)c1cc(NC(=O)Cn2c(C)cc3ccccc32)ccc1Cl. The molecule has 0 radical (unpaired) electrons. The number of fused-ring (bicyclic) bond motifs is 1. The van der Waals surface area contributed by atoms with E-state index in [4.69, 9.17) is 16.3 Å². The number of esters is 1. The molecule has 1 aromatic heterocycles. The van der Waals surface area contributed by atoms with E-state index in [1.54, 1.807) is 18.2 Å². The average Bonchev–Trinajstić information content (AvgIpc) is 2.96. The summed E-state index contributed by atoms with van der Waals surface area (Å²) in [4.78, 5) is 24.6. The van der Waals surface area contributed by atoms with E-state index in [0.717, 1.165) is 23.0 Å². The van der Waals surface area contributed by atoms with E-state index in [1.165, 1.54) is 0 Å². The highest BCUT2D eigenvalue weighted by atomic mass is 35.5. The first-order valence-corrected chi connectivity index (χ1v) is 9.18. The van der Waals surface area contributed by atoms with Gasteiger partial charge in [0.05, 0.1) is 17.2 Å². The summed E-state index contributed by atoms with van der Waals surface area (Å²) in [7, 11) is 0. The number of hydrogen-bond donors (Lipinski definition) is 1. The number of aryl methyl sites for hydroxylation is 1. The van der Waals surface area contributed by atoms with Gasteiger partial charge in [-0.15, -0.1) is 0 Å². The Morgan fingerprint density at radius 1 is 1.15 bits per heavy atom. The van der Waals surface area contributed by atoms with Crippen LogP contribution in [0, 0.1) is 6.92 Å². The Morgan fingerprint density at radius 3 is 2.70 bits per heavy atom. The molecule has 0 atom stereocenters. The van der Waals surface area contributed by atoms with Crippen molar-refractivity contribution in [2.24, 2.45) is 0 Å². The van der Waals surface area contributed by atoms with Crippen LogP contribution in [0.3, 0.4) is 0 Å². The minimum absolute atomic E-state index is 0.178. The summed E-state index contributed by atoms with van der Waals surface area (Å²) in [6.45, 7) is 4.39. The van der Waals surface area contributed by atoms with Crippen molar-refractivity contribution in [1.82, 2.24) is 4.57 Å². The van der Waals surface area contributed by atoms with Crippen LogP contribution in [0.4, 0.5) is 5.69 Å². The van der Waals surface area contributed by atoms with Crippen LogP contribution in [-0.4, -0.2) is 23.1 Å². The third-order valence-electron chi connectivity index (χ3n) is 4.23. The largest absolute Gasteiger partial charge is 0.462 e. The van der Waals surface area contributed by atoms with Gasteiger partial charge >= 0.3 is 5.97 Å². The first-order chi connectivity index (χ1) is 13.0. The lowest BCUT2D eigenvalue weighted by molar-refractivity contribution is -0.116. The molecule has 1 amide bonds. The third-order valence-corrected chi connectivity index (χ3v) is 4.56. The number of carbonyl (C=O) groups excluding carboxylic acids is 2. The van der Waals surface area contributed by atoms with Gasteiger partial charge in [-0.25, -0.2) is 4.79 Å². The van der Waals surface area contributed by atoms with Crippen molar-refractivity contribution in [2.75, 3.05) is 11.9 Å². The number of nitrogens with one attached hydrogen (secondary N) is 1. The number of para-hydroxylation sites is 1. The first-order valence-electron chi connectivity index (χ1n) is 8.81. The summed E-state index contributed by atoms with van der Waals surface area (Å²) in [5.41, 5.74) is 2.75. The van der Waals surface area contributed by atoms with Crippen molar-refractivity contribution in [2.45, 2.75) is 26.8 Å². The zero-order chi connectivity index (χ0) is 19.4. The van der Waals surface area contributed by atoms with Crippen LogP contribution in [0.2, 0.25) is 5.02 Å². The van der Waals surface area contributed by atoms with Gasteiger partial charge in [-0.3, -0.25) is 4.79 Å². The smallest absolute Gasteiger partial charge is 0.339 e. The highest BCUT2D eigenvalue weighted by Crippen LogP contribution is 2.23. The van der Waals surface area contributed by atoms with Gasteiger partial charge in [0.25, 0.3) is 0 Å². The maximum absolute atomic E-state index is 12.5. The second-order valence-electron chi connectivity index (χ2n) is 6.31. The number of hydrogen-bond acceptors (Lipinski definition) is 3. The first kappa shape index (κ1) is 19.0. The minimum Gasteiger partial charge on any atom is -0.462 e. The predicted octanol–water partition coefficient (Wildman–Crippen LogP) is 4.81. The molecule has 0 bridgehead atoms. The molecule has 0 aliphatic rings. The Labute approximate surface area is 162 Å². The lowest BCUT2D eigenvalue weighted by Crippen LogP contribution is -2.19. The predicted molar refractivity (Wildman–Crippen MR) is 107 cm³/mol. The van der Waals surface area contributed by atoms with Crippen LogP contribution in [0.15, 0.2) is 48.5 Å². The van der Waals surface area contributed by atoms with Gasteiger partial charge < -0.3 is 14.6 Å². The lowest BCUT2D eigenvalue weighted by atomic mass is 10.2. The molecule has 6 heteroatoms. The van der Waals surface area contributed by atoms with Gasteiger partial charge in [0.2, 0.25) is 5.91 Å². The van der Waals surface area contributed by atoms with Crippen LogP contribution in [0.25, 0.3) is 10.9 Å². The van der Waals surface area contributed by atoms with Gasteiger partial charge in [-0.1, -0.05) is 36.7 Å². The summed E-state index contributed by atoms with van der Waals surface area (Å²) in [5.74, 6) is -0.681. The maximum Gasteiger partial charge on any atom is 0.339 e. The highest BCUT2D eigenvalue weighted by molar-refractivity contribution is 6.33. The van der Waals surface area contributed by atoms with Crippen molar-refractivity contribution in [3.05, 3.63) is 64.8 Å². The fraction of sp³-hybridized carbons (Fsp3) is 0.238. The number of carbonyl (C=O) groups is 2. The molecule has 0 fully saturated rings. The molecule has 0 aliphatic carbocycles. The van der Waals surface area contributed by atoms with Crippen molar-refractivity contribution in [1.29, 1.82) is 0 Å². The second-order valence-corrected chi connectivity index (χ2v) is 6.72. The zero-order valence-corrected chi connectivity index (χ0v) is 16.0. The van der Waals surface area contributed by atoms with Gasteiger partial charge in [0.15, 0.2) is 0 Å². The Kier molecular flexibility index (Phi) is 5.81. The van der Waals surface area contributed by atoms with Crippen molar-refractivity contribution < 1.29 is 14.3 Å². The highest BCUT2D eigenvalue weighted by Gasteiger charge is 2.14. The average molecular weight is 385 g/mol. The number of benzene rings is 2. The number of rotatable bonds is 6. The molecule has 3 rings (SSSR count). The Morgan fingerprint density at radius 2 is 1.93 bits per heavy atom. The van der Waals surface area contributed by atoms with Gasteiger partial charge in [0, 0.05) is 16.9 Å². The zero-order valence-electron chi connectivity index (χ0n) is 15.3. The molecular formula is C21H21ClN2O3. The van der Waals surface area contributed by atoms with Crippen LogP contribution < -0.4 is 5.32 Å². The molecule has 0 spiro atoms. The Balaban J connectivity index is 1.76. The summed E-state index contributed by atoms with van der Waals surface area (Å²) in [5, 5.41) is 4.21. The van der Waals surface area contributed by atoms with Crippen LogP contribution in [-0.2, 0) is 16.1 Å². The third kappa shape index (κ3) is 4.31. The van der Waals surface area contributed by atoms with E-state index in [-0.39, 0.29) is 18.0 Å². The fourth-order valence-electron chi connectivity index (χ4n) is 2.93. The van der Waals surface area contributed by atoms with Gasteiger partial charge in [0.1, 0.15) is 6.54 Å². The minimum atomic E-state index is -0.495. The van der Waals surface area contributed by atoms with E-state index >= 15 is 0 Å². The van der Waals surface area contributed by atoms with Crippen LogP contribution in [0.1, 0.15) is 29.4 Å². The van der Waals surface area contributed by atoms with Crippen LogP contribution >= 0.6 is 11.6 Å². The summed E-state index contributed by atoms with van der Waals surface area (Å²) < 4.78 is 7.08. The normalized spacial score (nSPS) is 10.8. The van der Waals surface area contributed by atoms with Crippen molar-refractivity contribution in [3.8, 4) is 0 Å². The molecule has 0 unspecified atom stereocenters. The fourth-order valence-corrected chi connectivity index (χ4v) is 3.13. The molecule has 140 valence electrons. The number of aromatic nitrogens is 1. The van der Waals surface area contributed by atoms with Gasteiger partial charge in [-0.05, 0) is 49.1 Å². The van der Waals surface area contributed by atoms with E-state index < -0.39 is 5.97 Å². The van der Waals surface area contributed by atoms with Crippen molar-refractivity contribution in [3.63, 3.8) is 0 Å². The number of ether oxygens (including phenoxy) is 1. The molecule has 0 aliphatic heterocycles. The summed E-state index contributed by atoms with van der Waals surface area (Å²) in [6, 6.07) is 14.8. The van der Waals surface area contributed by atoms with Crippen LogP contribution in [0.5, 0.6) is 0 Å². The topological polar surface area (TPSA) is 60.3 Å². The maximum atomic E-state index is 12.5. The molecular weight excluding hydrogens is 364 g/mol. The molecule has 1 N–H and O–H groups in total. The summed E-state index contributed by atoms with van der Waals surface area (Å²) >= 11 is 6.09. The molecule has 27 heavy (non-hydrogen) atoms. The van der Waals surface area contributed by atoms with E-state index in [2.05, 4.69) is 5.32 Å². The van der Waals surface area contributed by atoms with Crippen molar-refractivity contribution >= 4 is 40.1 Å².